The maximum Gasteiger partial charge on any atom is 0.0525 e. The molecule has 0 unspecified atom stereocenters. The van der Waals surface area contributed by atoms with Crippen molar-refractivity contribution in [3.8, 4) is 0 Å². The number of benzene rings is 1. The van der Waals surface area contributed by atoms with Crippen LogP contribution in [0, 0.1) is 0 Å². The van der Waals surface area contributed by atoms with Crippen LogP contribution >= 0.6 is 11.8 Å². The number of hydrogen-bond donors (Lipinski definition) is 0. The summed E-state index contributed by atoms with van der Waals surface area (Å²) in [7, 11) is 0. The van der Waals surface area contributed by atoms with E-state index in [1.807, 2.05) is 11.8 Å². The van der Waals surface area contributed by atoms with Crippen molar-refractivity contribution in [2.45, 2.75) is 12.7 Å². The van der Waals surface area contributed by atoms with Crippen molar-refractivity contribution in [3.05, 3.63) is 40.9 Å². The monoisotopic (exact) mass is 201 g/mol. The number of allylic oxidation sites excluding steroid dienone is 1. The highest BCUT2D eigenvalue weighted by molar-refractivity contribution is 8.02. The lowest BCUT2D eigenvalue weighted by Gasteiger charge is -2.12. The minimum absolute atomic E-state index is 1.09. The molecule has 0 spiro atoms. The highest BCUT2D eigenvalue weighted by atomic mass is 32.2. The predicted molar refractivity (Wildman–Crippen MR) is 63.2 cm³/mol. The Balaban J connectivity index is 2.37. The molecule has 1 aliphatic rings. The molecule has 1 aromatic carbocycles. The molecule has 0 atom stereocenters. The molecule has 0 aliphatic carbocycles. The number of fused-ring (bicyclic) bond motifs is 3. The Kier molecular flexibility index (Phi) is 1.71. The minimum atomic E-state index is 1.09. The standard InChI is InChI=1S/C12H11NS/c1-9-7-13-11(8-14-9)6-10-4-2-3-5-12(10)13/h2-7H,8H2,1H3. The molecule has 14 heavy (non-hydrogen) atoms. The summed E-state index contributed by atoms with van der Waals surface area (Å²) < 4.78 is 2.31. The van der Waals surface area contributed by atoms with Gasteiger partial charge in [-0.05, 0) is 24.0 Å². The van der Waals surface area contributed by atoms with Gasteiger partial charge in [-0.15, -0.1) is 11.8 Å². The normalized spacial score (nSPS) is 15.4. The lowest BCUT2D eigenvalue weighted by molar-refractivity contribution is 1.09. The molecular formula is C12H11NS. The first-order chi connectivity index (χ1) is 6.84. The Hall–Kier alpha value is -1.15. The first-order valence-corrected chi connectivity index (χ1v) is 5.73. The van der Waals surface area contributed by atoms with Crippen molar-refractivity contribution in [2.75, 3.05) is 0 Å². The fourth-order valence-corrected chi connectivity index (χ4v) is 2.68. The first kappa shape index (κ1) is 8.18. The molecule has 0 bridgehead atoms. The maximum absolute atomic E-state index is 2.31. The second-order valence-corrected chi connectivity index (χ2v) is 4.81. The molecule has 0 saturated carbocycles. The molecule has 0 radical (unpaired) electrons. The van der Waals surface area contributed by atoms with Crippen LogP contribution in [-0.4, -0.2) is 4.57 Å². The summed E-state index contributed by atoms with van der Waals surface area (Å²) in [6.07, 6.45) is 2.23. The molecule has 0 fully saturated rings. The second-order valence-electron chi connectivity index (χ2n) is 3.59. The summed E-state index contributed by atoms with van der Waals surface area (Å²) in [5.74, 6) is 1.09. The van der Waals surface area contributed by atoms with Gasteiger partial charge in [0, 0.05) is 23.0 Å². The topological polar surface area (TPSA) is 4.93 Å². The van der Waals surface area contributed by atoms with Crippen molar-refractivity contribution < 1.29 is 0 Å². The molecule has 1 aromatic heterocycles. The molecule has 0 saturated heterocycles. The largest absolute Gasteiger partial charge is 0.319 e. The summed E-state index contributed by atoms with van der Waals surface area (Å²) in [6, 6.07) is 10.8. The summed E-state index contributed by atoms with van der Waals surface area (Å²) in [4.78, 5) is 1.39. The van der Waals surface area contributed by atoms with E-state index in [0.29, 0.717) is 0 Å². The lowest BCUT2D eigenvalue weighted by Crippen LogP contribution is -1.98. The number of rotatable bonds is 0. The molecule has 2 heterocycles. The maximum atomic E-state index is 2.31. The number of para-hydroxylation sites is 1. The van der Waals surface area contributed by atoms with Gasteiger partial charge in [0.2, 0.25) is 0 Å². The van der Waals surface area contributed by atoms with Crippen LogP contribution in [0.5, 0.6) is 0 Å². The smallest absolute Gasteiger partial charge is 0.0525 e. The second kappa shape index (κ2) is 2.92. The van der Waals surface area contributed by atoms with Crippen molar-refractivity contribution >= 4 is 28.9 Å². The first-order valence-electron chi connectivity index (χ1n) is 4.75. The van der Waals surface area contributed by atoms with E-state index >= 15 is 0 Å². The lowest BCUT2D eigenvalue weighted by atomic mass is 10.2. The Morgan fingerprint density at radius 1 is 1.29 bits per heavy atom. The zero-order valence-corrected chi connectivity index (χ0v) is 8.84. The molecule has 3 rings (SSSR count). The van der Waals surface area contributed by atoms with Gasteiger partial charge in [-0.2, -0.15) is 0 Å². The molecule has 1 nitrogen and oxygen atoms in total. The van der Waals surface area contributed by atoms with E-state index in [1.54, 1.807) is 0 Å². The van der Waals surface area contributed by atoms with Crippen molar-refractivity contribution in [3.63, 3.8) is 0 Å². The zero-order chi connectivity index (χ0) is 9.54. The van der Waals surface area contributed by atoms with Crippen LogP contribution < -0.4 is 0 Å². The van der Waals surface area contributed by atoms with Crippen LogP contribution in [0.1, 0.15) is 12.6 Å². The van der Waals surface area contributed by atoms with Crippen LogP contribution in [0.4, 0.5) is 0 Å². The molecule has 2 heteroatoms. The zero-order valence-electron chi connectivity index (χ0n) is 8.03. The van der Waals surface area contributed by atoms with Gasteiger partial charge in [-0.1, -0.05) is 18.2 Å². The van der Waals surface area contributed by atoms with Crippen molar-refractivity contribution in [1.82, 2.24) is 4.57 Å². The van der Waals surface area contributed by atoms with E-state index in [0.717, 1.165) is 5.75 Å². The average molecular weight is 201 g/mol. The number of thioether (sulfide) groups is 1. The van der Waals surface area contributed by atoms with Crippen LogP contribution in [0.25, 0.3) is 17.1 Å². The quantitative estimate of drug-likeness (QED) is 0.629. The molecular weight excluding hydrogens is 190 g/mol. The highest BCUT2D eigenvalue weighted by Crippen LogP contribution is 2.31. The van der Waals surface area contributed by atoms with Crippen LogP contribution in [0.2, 0.25) is 0 Å². The fraction of sp³-hybridized carbons (Fsp3) is 0.167. The minimum Gasteiger partial charge on any atom is -0.319 e. The van der Waals surface area contributed by atoms with Crippen LogP contribution in [0.15, 0.2) is 35.2 Å². The van der Waals surface area contributed by atoms with Gasteiger partial charge in [-0.25, -0.2) is 0 Å². The van der Waals surface area contributed by atoms with Gasteiger partial charge in [0.15, 0.2) is 0 Å². The SMILES string of the molecule is CC1=Cn2c(cc3ccccc32)CS1. The van der Waals surface area contributed by atoms with Crippen LogP contribution in [0.3, 0.4) is 0 Å². The van der Waals surface area contributed by atoms with E-state index in [2.05, 4.69) is 48.0 Å². The number of nitrogens with zero attached hydrogens (tertiary/aromatic N) is 1. The third kappa shape index (κ3) is 1.11. The van der Waals surface area contributed by atoms with E-state index in [9.17, 15) is 0 Å². The average Bonchev–Trinajstić information content (AvgIpc) is 2.56. The van der Waals surface area contributed by atoms with Crippen LogP contribution in [-0.2, 0) is 5.75 Å². The van der Waals surface area contributed by atoms with Crippen molar-refractivity contribution in [1.29, 1.82) is 0 Å². The summed E-state index contributed by atoms with van der Waals surface area (Å²) in [5.41, 5.74) is 2.73. The predicted octanol–water partition coefficient (Wildman–Crippen LogP) is 3.71. The molecule has 2 aromatic rings. The Bertz CT molecular complexity index is 522. The molecule has 0 amide bonds. The molecule has 1 aliphatic heterocycles. The summed E-state index contributed by atoms with van der Waals surface area (Å²) in [5, 5.41) is 1.34. The Morgan fingerprint density at radius 2 is 2.14 bits per heavy atom. The van der Waals surface area contributed by atoms with E-state index in [-0.39, 0.29) is 0 Å². The van der Waals surface area contributed by atoms with Gasteiger partial charge in [0.1, 0.15) is 0 Å². The van der Waals surface area contributed by atoms with Gasteiger partial charge in [0.25, 0.3) is 0 Å². The van der Waals surface area contributed by atoms with E-state index in [1.165, 1.54) is 21.5 Å². The third-order valence-electron chi connectivity index (χ3n) is 2.59. The van der Waals surface area contributed by atoms with Gasteiger partial charge in [-0.3, -0.25) is 0 Å². The number of hydrogen-bond acceptors (Lipinski definition) is 1. The Morgan fingerprint density at radius 3 is 3.07 bits per heavy atom. The fourth-order valence-electron chi connectivity index (χ4n) is 1.90. The van der Waals surface area contributed by atoms with Gasteiger partial charge in [0.05, 0.1) is 5.52 Å². The van der Waals surface area contributed by atoms with Gasteiger partial charge < -0.3 is 4.57 Å². The van der Waals surface area contributed by atoms with Gasteiger partial charge >= 0.3 is 0 Å². The van der Waals surface area contributed by atoms with E-state index in [4.69, 9.17) is 0 Å². The van der Waals surface area contributed by atoms with E-state index < -0.39 is 0 Å². The third-order valence-corrected chi connectivity index (χ3v) is 3.59. The highest BCUT2D eigenvalue weighted by Gasteiger charge is 2.11. The van der Waals surface area contributed by atoms with Crippen molar-refractivity contribution in [2.24, 2.45) is 0 Å². The number of aromatic nitrogens is 1. The molecule has 70 valence electrons. The Labute approximate surface area is 87.4 Å². The molecule has 0 N–H and O–H groups in total. The summed E-state index contributed by atoms with van der Waals surface area (Å²) >= 11 is 1.92. The summed E-state index contributed by atoms with van der Waals surface area (Å²) in [6.45, 7) is 2.17.